The summed E-state index contributed by atoms with van der Waals surface area (Å²) in [7, 11) is 4.09. The lowest BCUT2D eigenvalue weighted by Crippen LogP contribution is -2.29. The molecule has 2 aromatic heterocycles. The zero-order valence-electron chi connectivity index (χ0n) is 15.6. The van der Waals surface area contributed by atoms with Crippen molar-refractivity contribution in [1.82, 2.24) is 10.3 Å². The third-order valence-corrected chi connectivity index (χ3v) is 6.18. The Bertz CT molecular complexity index is 934. The highest BCUT2D eigenvalue weighted by atomic mass is 32.1. The standard InChI is InChI=1S/C21H22N4S2/c1-14-7-12-18(27-14)20-19(17-6-4-5-13-22-17)23-21(26)25(20)16-10-8-15(9-11-16)24(2)3/h4-13,19-20H,1-3H3,(H,23,26)/t19-,20+/m0/s1. The fraction of sp³-hybridized carbons (Fsp3) is 0.238. The first-order chi connectivity index (χ1) is 13.0. The van der Waals surface area contributed by atoms with Crippen molar-refractivity contribution in [2.24, 2.45) is 0 Å². The highest BCUT2D eigenvalue weighted by Gasteiger charge is 2.41. The van der Waals surface area contributed by atoms with Crippen LogP contribution >= 0.6 is 23.6 Å². The van der Waals surface area contributed by atoms with Gasteiger partial charge in [0.05, 0.1) is 17.8 Å². The van der Waals surface area contributed by atoms with E-state index >= 15 is 0 Å². The molecule has 0 saturated carbocycles. The van der Waals surface area contributed by atoms with Crippen molar-refractivity contribution in [1.29, 1.82) is 0 Å². The van der Waals surface area contributed by atoms with E-state index in [9.17, 15) is 0 Å². The van der Waals surface area contributed by atoms with Gasteiger partial charge in [-0.05, 0) is 67.7 Å². The minimum Gasteiger partial charge on any atom is -0.378 e. The molecule has 1 aliphatic heterocycles. The van der Waals surface area contributed by atoms with Gasteiger partial charge in [-0.25, -0.2) is 0 Å². The molecule has 1 aliphatic rings. The largest absolute Gasteiger partial charge is 0.378 e. The number of nitrogens with one attached hydrogen (secondary N) is 1. The summed E-state index contributed by atoms with van der Waals surface area (Å²) < 4.78 is 0. The van der Waals surface area contributed by atoms with Crippen molar-refractivity contribution in [3.05, 3.63) is 76.2 Å². The smallest absolute Gasteiger partial charge is 0.174 e. The average molecular weight is 395 g/mol. The predicted molar refractivity (Wildman–Crippen MR) is 118 cm³/mol. The van der Waals surface area contributed by atoms with Crippen LogP contribution in [0.1, 0.15) is 27.5 Å². The third-order valence-electron chi connectivity index (χ3n) is 4.80. The van der Waals surface area contributed by atoms with Crippen LogP contribution in [0.15, 0.2) is 60.8 Å². The second-order valence-electron chi connectivity index (χ2n) is 6.86. The first-order valence-corrected chi connectivity index (χ1v) is 10.1. The molecule has 0 radical (unpaired) electrons. The van der Waals surface area contributed by atoms with Crippen LogP contribution in [0, 0.1) is 6.92 Å². The number of pyridine rings is 1. The van der Waals surface area contributed by atoms with Crippen molar-refractivity contribution in [2.75, 3.05) is 23.9 Å². The Labute approximate surface area is 169 Å². The molecule has 27 heavy (non-hydrogen) atoms. The lowest BCUT2D eigenvalue weighted by molar-refractivity contribution is 0.575. The normalized spacial score (nSPS) is 19.2. The molecule has 1 fully saturated rings. The maximum atomic E-state index is 5.75. The maximum absolute atomic E-state index is 5.75. The number of benzene rings is 1. The van der Waals surface area contributed by atoms with E-state index in [4.69, 9.17) is 12.2 Å². The Hall–Kier alpha value is -2.44. The minimum absolute atomic E-state index is 0.0188. The molecule has 0 bridgehead atoms. The van der Waals surface area contributed by atoms with Crippen LogP contribution in [-0.2, 0) is 0 Å². The highest BCUT2D eigenvalue weighted by molar-refractivity contribution is 7.80. The van der Waals surface area contributed by atoms with E-state index in [0.717, 1.165) is 16.5 Å². The molecular weight excluding hydrogens is 372 g/mol. The zero-order chi connectivity index (χ0) is 19.0. The Morgan fingerprint density at radius 2 is 1.85 bits per heavy atom. The Balaban J connectivity index is 1.78. The summed E-state index contributed by atoms with van der Waals surface area (Å²) >= 11 is 7.56. The molecule has 0 unspecified atom stereocenters. The van der Waals surface area contributed by atoms with Crippen LogP contribution in [0.5, 0.6) is 0 Å². The molecule has 1 N–H and O–H groups in total. The van der Waals surface area contributed by atoms with Gasteiger partial charge in [0.2, 0.25) is 0 Å². The quantitative estimate of drug-likeness (QED) is 0.649. The zero-order valence-corrected chi connectivity index (χ0v) is 17.2. The van der Waals surface area contributed by atoms with E-state index in [1.54, 1.807) is 0 Å². The minimum atomic E-state index is 0.0188. The molecule has 3 aromatic rings. The van der Waals surface area contributed by atoms with Gasteiger partial charge in [0.15, 0.2) is 5.11 Å². The van der Waals surface area contributed by atoms with Gasteiger partial charge in [-0.2, -0.15) is 0 Å². The Morgan fingerprint density at radius 3 is 2.44 bits per heavy atom. The van der Waals surface area contributed by atoms with Gasteiger partial charge in [0, 0.05) is 41.4 Å². The summed E-state index contributed by atoms with van der Waals surface area (Å²) in [5.41, 5.74) is 3.26. The molecule has 4 rings (SSSR count). The molecule has 1 saturated heterocycles. The van der Waals surface area contributed by atoms with Crippen molar-refractivity contribution < 1.29 is 0 Å². The van der Waals surface area contributed by atoms with E-state index in [1.807, 2.05) is 43.8 Å². The van der Waals surface area contributed by atoms with Crippen LogP contribution in [-0.4, -0.2) is 24.2 Å². The molecule has 4 nitrogen and oxygen atoms in total. The maximum Gasteiger partial charge on any atom is 0.174 e. The Morgan fingerprint density at radius 1 is 1.07 bits per heavy atom. The van der Waals surface area contributed by atoms with Crippen LogP contribution in [0.25, 0.3) is 0 Å². The number of thiophene rings is 1. The van der Waals surface area contributed by atoms with Crippen LogP contribution in [0.3, 0.4) is 0 Å². The van der Waals surface area contributed by atoms with Crippen LogP contribution in [0.4, 0.5) is 11.4 Å². The monoisotopic (exact) mass is 394 g/mol. The van der Waals surface area contributed by atoms with Gasteiger partial charge < -0.3 is 15.1 Å². The predicted octanol–water partition coefficient (Wildman–Crippen LogP) is 4.69. The van der Waals surface area contributed by atoms with Crippen LogP contribution < -0.4 is 15.1 Å². The number of hydrogen-bond donors (Lipinski definition) is 1. The summed E-state index contributed by atoms with van der Waals surface area (Å²) in [6, 6.07) is 19.0. The van der Waals surface area contributed by atoms with E-state index in [0.29, 0.717) is 0 Å². The highest BCUT2D eigenvalue weighted by Crippen LogP contribution is 2.43. The molecular formula is C21H22N4S2. The molecule has 0 aliphatic carbocycles. The number of hydrogen-bond acceptors (Lipinski definition) is 4. The molecule has 138 valence electrons. The third kappa shape index (κ3) is 3.42. The summed E-state index contributed by atoms with van der Waals surface area (Å²) in [5, 5.41) is 4.24. The fourth-order valence-electron chi connectivity index (χ4n) is 3.45. The van der Waals surface area contributed by atoms with Crippen LogP contribution in [0.2, 0.25) is 0 Å². The topological polar surface area (TPSA) is 31.4 Å². The second kappa shape index (κ2) is 7.29. The second-order valence-corrected chi connectivity index (χ2v) is 8.56. The lowest BCUT2D eigenvalue weighted by atomic mass is 10.0. The summed E-state index contributed by atoms with van der Waals surface area (Å²) in [4.78, 5) is 11.5. The number of aryl methyl sites for hydroxylation is 1. The first kappa shape index (κ1) is 17.9. The molecule has 0 spiro atoms. The van der Waals surface area contributed by atoms with Crippen molar-refractivity contribution in [3.63, 3.8) is 0 Å². The molecule has 1 aromatic carbocycles. The molecule has 3 heterocycles. The van der Waals surface area contributed by atoms with Gasteiger partial charge in [-0.1, -0.05) is 6.07 Å². The first-order valence-electron chi connectivity index (χ1n) is 8.89. The van der Waals surface area contributed by atoms with Gasteiger partial charge in [-0.3, -0.25) is 4.98 Å². The van der Waals surface area contributed by atoms with E-state index in [1.165, 1.54) is 15.4 Å². The number of aromatic nitrogens is 1. The van der Waals surface area contributed by atoms with Crippen molar-refractivity contribution in [2.45, 2.75) is 19.0 Å². The van der Waals surface area contributed by atoms with Gasteiger partial charge in [0.1, 0.15) is 0 Å². The molecule has 0 amide bonds. The fourth-order valence-corrected chi connectivity index (χ4v) is 4.80. The van der Waals surface area contributed by atoms with Crippen molar-refractivity contribution >= 4 is 40.0 Å². The number of nitrogens with zero attached hydrogens (tertiary/aromatic N) is 3. The molecule has 6 heteroatoms. The van der Waals surface area contributed by atoms with Gasteiger partial charge >= 0.3 is 0 Å². The summed E-state index contributed by atoms with van der Waals surface area (Å²) in [5.74, 6) is 0. The number of anilines is 2. The average Bonchev–Trinajstić information content (AvgIpc) is 3.25. The van der Waals surface area contributed by atoms with Gasteiger partial charge in [-0.15, -0.1) is 11.3 Å². The molecule has 2 atom stereocenters. The lowest BCUT2D eigenvalue weighted by Gasteiger charge is -2.27. The van der Waals surface area contributed by atoms with Crippen molar-refractivity contribution in [3.8, 4) is 0 Å². The number of thiocarbonyl (C=S) groups is 1. The number of rotatable bonds is 4. The summed E-state index contributed by atoms with van der Waals surface area (Å²) in [6.07, 6.45) is 1.84. The van der Waals surface area contributed by atoms with E-state index < -0.39 is 0 Å². The van der Waals surface area contributed by atoms with Gasteiger partial charge in [0.25, 0.3) is 0 Å². The SMILES string of the molecule is Cc1ccc([C@@H]2[C@H](c3ccccn3)NC(=S)N2c2ccc(N(C)C)cc2)s1. The Kier molecular flexibility index (Phi) is 4.85. The van der Waals surface area contributed by atoms with E-state index in [-0.39, 0.29) is 12.1 Å². The summed E-state index contributed by atoms with van der Waals surface area (Å²) in [6.45, 7) is 2.14. The van der Waals surface area contributed by atoms with E-state index in [2.05, 4.69) is 69.5 Å².